The summed E-state index contributed by atoms with van der Waals surface area (Å²) in [6, 6.07) is 54.1. The van der Waals surface area contributed by atoms with Gasteiger partial charge in [0.05, 0.1) is 33.0 Å². The summed E-state index contributed by atoms with van der Waals surface area (Å²) in [6.07, 6.45) is 0. The van der Waals surface area contributed by atoms with Crippen LogP contribution in [0.3, 0.4) is 0 Å². The lowest BCUT2D eigenvalue weighted by Gasteiger charge is -2.20. The van der Waals surface area contributed by atoms with Crippen LogP contribution >= 0.6 is 0 Å². The first-order chi connectivity index (χ1) is 26.2. The van der Waals surface area contributed by atoms with E-state index in [1.165, 1.54) is 0 Å². The molecule has 0 aliphatic carbocycles. The lowest BCUT2D eigenvalue weighted by molar-refractivity contribution is 0.948. The summed E-state index contributed by atoms with van der Waals surface area (Å²) in [5.74, 6) is 1.33. The molecule has 4 aromatic heterocycles. The summed E-state index contributed by atoms with van der Waals surface area (Å²) >= 11 is 0. The summed E-state index contributed by atoms with van der Waals surface area (Å²) in [5, 5.41) is 1.66. The molecule has 10 aromatic rings. The zero-order chi connectivity index (χ0) is 35.5. The van der Waals surface area contributed by atoms with E-state index in [4.69, 9.17) is 15.0 Å². The molecule has 53 heavy (non-hydrogen) atoms. The number of pyridine rings is 1. The Bertz CT molecular complexity index is 3080. The second kappa shape index (κ2) is 12.1. The van der Waals surface area contributed by atoms with E-state index >= 15 is 4.79 Å². The molecule has 0 saturated carbocycles. The minimum Gasteiger partial charge on any atom is -0.277 e. The predicted molar refractivity (Wildman–Crippen MR) is 211 cm³/mol. The third-order valence-electron chi connectivity index (χ3n) is 9.72. The highest BCUT2D eigenvalue weighted by Gasteiger charge is 2.28. The fourth-order valence-electron chi connectivity index (χ4n) is 7.41. The average Bonchev–Trinajstić information content (AvgIpc) is 3.57. The van der Waals surface area contributed by atoms with Crippen molar-refractivity contribution in [3.8, 4) is 45.5 Å². The molecular formula is C45H28N6O2. The van der Waals surface area contributed by atoms with E-state index in [1.807, 2.05) is 168 Å². The van der Waals surface area contributed by atoms with Gasteiger partial charge in [-0.15, -0.1) is 0 Å². The van der Waals surface area contributed by atoms with Crippen molar-refractivity contribution in [1.82, 2.24) is 28.5 Å². The van der Waals surface area contributed by atoms with Gasteiger partial charge in [0.15, 0.2) is 11.6 Å². The molecule has 6 aromatic carbocycles. The van der Waals surface area contributed by atoms with Crippen molar-refractivity contribution in [1.29, 1.82) is 0 Å². The van der Waals surface area contributed by atoms with E-state index in [2.05, 4.69) is 0 Å². The fourth-order valence-corrected chi connectivity index (χ4v) is 7.41. The summed E-state index contributed by atoms with van der Waals surface area (Å²) in [4.78, 5) is 45.3. The van der Waals surface area contributed by atoms with Gasteiger partial charge in [-0.25, -0.2) is 4.98 Å². The molecule has 0 amide bonds. The lowest BCUT2D eigenvalue weighted by Crippen LogP contribution is -2.28. The molecular weight excluding hydrogens is 657 g/mol. The third kappa shape index (κ3) is 4.73. The van der Waals surface area contributed by atoms with Crippen molar-refractivity contribution in [3.05, 3.63) is 191 Å². The van der Waals surface area contributed by atoms with E-state index in [-0.39, 0.29) is 11.1 Å². The van der Waals surface area contributed by atoms with E-state index in [1.54, 1.807) is 15.0 Å². The van der Waals surface area contributed by atoms with Gasteiger partial charge in [-0.2, -0.15) is 9.97 Å². The zero-order valence-corrected chi connectivity index (χ0v) is 28.2. The molecule has 250 valence electrons. The van der Waals surface area contributed by atoms with Crippen LogP contribution in [0.5, 0.6) is 0 Å². The number of nitrogens with zero attached hydrogens (tertiary/aromatic N) is 6. The molecule has 0 atom stereocenters. The Morgan fingerprint density at radius 1 is 0.415 bits per heavy atom. The smallest absolute Gasteiger partial charge is 0.266 e. The summed E-state index contributed by atoms with van der Waals surface area (Å²) in [5.41, 5.74) is 5.60. The standard InChI is InChI=1S/C45H28N6O2/c52-43-34-26-14-16-28-36(34)51-42(49(43)32-23-11-4-12-24-32)37(29-17-5-1-6-18-29)39-38(44(51)53)33-25-13-15-27-35(33)50(39)45-47-40(30-19-7-2-8-20-30)46-41(48-45)31-21-9-3-10-22-31/h1-28H. The van der Waals surface area contributed by atoms with Crippen LogP contribution in [-0.4, -0.2) is 28.5 Å². The SMILES string of the molecule is O=c1c2ccccc2n2c(=O)c3c4ccccc4n(-c4nc(-c5ccccc5)nc(-c5ccccc5)n4)c3c(-c3ccccc3)c2n1-c1ccccc1. The Labute approximate surface area is 302 Å². The largest absolute Gasteiger partial charge is 0.277 e. The van der Waals surface area contributed by atoms with Gasteiger partial charge in [-0.1, -0.05) is 140 Å². The van der Waals surface area contributed by atoms with Crippen LogP contribution in [0.1, 0.15) is 0 Å². The number of hydrogen-bond donors (Lipinski definition) is 0. The number of hydrogen-bond acceptors (Lipinski definition) is 5. The van der Waals surface area contributed by atoms with Crippen molar-refractivity contribution in [2.45, 2.75) is 0 Å². The van der Waals surface area contributed by atoms with Crippen molar-refractivity contribution < 1.29 is 0 Å². The summed E-state index contributed by atoms with van der Waals surface area (Å²) in [7, 11) is 0. The lowest BCUT2D eigenvalue weighted by atomic mass is 10.0. The molecule has 0 fully saturated rings. The van der Waals surface area contributed by atoms with Crippen LogP contribution in [0.15, 0.2) is 179 Å². The Hall–Kier alpha value is -7.45. The number of para-hydroxylation sites is 3. The minimum atomic E-state index is -0.258. The Kier molecular flexibility index (Phi) is 6.94. The van der Waals surface area contributed by atoms with E-state index < -0.39 is 0 Å². The van der Waals surface area contributed by atoms with Crippen LogP contribution in [-0.2, 0) is 0 Å². The Balaban J connectivity index is 1.48. The van der Waals surface area contributed by atoms with E-state index in [0.717, 1.165) is 27.6 Å². The molecule has 0 aliphatic rings. The maximum absolute atomic E-state index is 15.4. The van der Waals surface area contributed by atoms with Gasteiger partial charge in [0.1, 0.15) is 5.65 Å². The van der Waals surface area contributed by atoms with Gasteiger partial charge < -0.3 is 0 Å². The molecule has 8 nitrogen and oxygen atoms in total. The Morgan fingerprint density at radius 2 is 0.906 bits per heavy atom. The Morgan fingerprint density at radius 3 is 1.51 bits per heavy atom. The summed E-state index contributed by atoms with van der Waals surface area (Å²) in [6.45, 7) is 0. The minimum absolute atomic E-state index is 0.233. The molecule has 0 unspecified atom stereocenters. The molecule has 8 heteroatoms. The molecule has 0 radical (unpaired) electrons. The second-order valence-corrected chi connectivity index (χ2v) is 12.8. The highest BCUT2D eigenvalue weighted by molar-refractivity contribution is 6.16. The number of benzene rings is 6. The van der Waals surface area contributed by atoms with Crippen molar-refractivity contribution in [2.75, 3.05) is 0 Å². The van der Waals surface area contributed by atoms with Gasteiger partial charge in [0, 0.05) is 22.1 Å². The maximum atomic E-state index is 15.4. The first-order valence-corrected chi connectivity index (χ1v) is 17.3. The van der Waals surface area contributed by atoms with Crippen molar-refractivity contribution >= 4 is 38.4 Å². The van der Waals surface area contributed by atoms with Crippen LogP contribution in [0.25, 0.3) is 83.9 Å². The summed E-state index contributed by atoms with van der Waals surface area (Å²) < 4.78 is 5.32. The van der Waals surface area contributed by atoms with Crippen LogP contribution in [0.2, 0.25) is 0 Å². The fraction of sp³-hybridized carbons (Fsp3) is 0. The van der Waals surface area contributed by atoms with Crippen LogP contribution < -0.4 is 11.1 Å². The maximum Gasteiger partial charge on any atom is 0.266 e. The predicted octanol–water partition coefficient (Wildman–Crippen LogP) is 8.89. The van der Waals surface area contributed by atoms with Gasteiger partial charge in [-0.05, 0) is 35.9 Å². The molecule has 0 bridgehead atoms. The van der Waals surface area contributed by atoms with Crippen molar-refractivity contribution in [2.24, 2.45) is 0 Å². The number of fused-ring (bicyclic) bond motifs is 6. The van der Waals surface area contributed by atoms with E-state index in [9.17, 15) is 4.79 Å². The molecule has 0 spiro atoms. The zero-order valence-electron chi connectivity index (χ0n) is 28.2. The number of aromatic nitrogens is 6. The molecule has 0 N–H and O–H groups in total. The molecule has 10 rings (SSSR count). The quantitative estimate of drug-likeness (QED) is 0.169. The van der Waals surface area contributed by atoms with Gasteiger partial charge in [0.2, 0.25) is 5.95 Å². The van der Waals surface area contributed by atoms with Gasteiger partial charge >= 0.3 is 0 Å². The first-order valence-electron chi connectivity index (χ1n) is 17.3. The molecule has 4 heterocycles. The normalized spacial score (nSPS) is 11.5. The monoisotopic (exact) mass is 684 g/mol. The average molecular weight is 685 g/mol. The highest BCUT2D eigenvalue weighted by Crippen LogP contribution is 2.39. The van der Waals surface area contributed by atoms with Gasteiger partial charge in [0.25, 0.3) is 11.1 Å². The number of rotatable bonds is 5. The highest BCUT2D eigenvalue weighted by atomic mass is 16.1. The second-order valence-electron chi connectivity index (χ2n) is 12.8. The third-order valence-corrected chi connectivity index (χ3v) is 9.72. The van der Waals surface area contributed by atoms with Gasteiger partial charge in [-0.3, -0.25) is 23.1 Å². The van der Waals surface area contributed by atoms with Crippen molar-refractivity contribution in [3.63, 3.8) is 0 Å². The van der Waals surface area contributed by atoms with E-state index in [0.29, 0.717) is 56.3 Å². The molecule has 0 saturated heterocycles. The first kappa shape index (κ1) is 30.4. The molecule has 0 aliphatic heterocycles. The van der Waals surface area contributed by atoms with Crippen LogP contribution in [0, 0.1) is 0 Å². The van der Waals surface area contributed by atoms with Crippen LogP contribution in [0.4, 0.5) is 0 Å². The topological polar surface area (TPSA) is 87.1 Å².